The third-order valence-corrected chi connectivity index (χ3v) is 4.15. The number of hydrogen-bond acceptors (Lipinski definition) is 2. The number of benzene rings is 1. The predicted octanol–water partition coefficient (Wildman–Crippen LogP) is 2.93. The summed E-state index contributed by atoms with van der Waals surface area (Å²) in [7, 11) is 0. The van der Waals surface area contributed by atoms with Crippen LogP contribution < -0.4 is 5.32 Å². The fraction of sp³-hybridized carbons (Fsp3) is 0.533. The molecule has 3 nitrogen and oxygen atoms in total. The van der Waals surface area contributed by atoms with Crippen LogP contribution in [0.25, 0.3) is 0 Å². The minimum absolute atomic E-state index is 0.120. The van der Waals surface area contributed by atoms with Crippen molar-refractivity contribution < 1.29 is 9.90 Å². The zero-order valence-electron chi connectivity index (χ0n) is 11.2. The van der Waals surface area contributed by atoms with Gasteiger partial charge >= 0.3 is 0 Å². The molecule has 0 aliphatic heterocycles. The van der Waals surface area contributed by atoms with Gasteiger partial charge in [-0.25, -0.2) is 0 Å². The van der Waals surface area contributed by atoms with Crippen molar-refractivity contribution >= 4 is 17.5 Å². The Kier molecular flexibility index (Phi) is 4.48. The lowest BCUT2D eigenvalue weighted by Crippen LogP contribution is -2.38. The molecule has 104 valence electrons. The molecule has 1 aliphatic carbocycles. The molecule has 0 aromatic heterocycles. The first-order valence-corrected chi connectivity index (χ1v) is 7.09. The van der Waals surface area contributed by atoms with E-state index in [-0.39, 0.29) is 17.9 Å². The normalized spacial score (nSPS) is 17.4. The summed E-state index contributed by atoms with van der Waals surface area (Å²) in [4.78, 5) is 12.1. The third kappa shape index (κ3) is 3.48. The van der Waals surface area contributed by atoms with Gasteiger partial charge in [0, 0.05) is 22.5 Å². The summed E-state index contributed by atoms with van der Waals surface area (Å²) >= 11 is 5.96. The van der Waals surface area contributed by atoms with E-state index in [1.807, 2.05) is 19.1 Å². The Morgan fingerprint density at radius 2 is 2.05 bits per heavy atom. The molecule has 0 unspecified atom stereocenters. The van der Waals surface area contributed by atoms with Gasteiger partial charge in [-0.2, -0.15) is 0 Å². The molecule has 0 bridgehead atoms. The molecular weight excluding hydrogens is 262 g/mol. The van der Waals surface area contributed by atoms with Gasteiger partial charge in [0.25, 0.3) is 5.91 Å². The van der Waals surface area contributed by atoms with Crippen molar-refractivity contribution in [2.75, 3.05) is 13.2 Å². The highest BCUT2D eigenvalue weighted by molar-refractivity contribution is 6.31. The molecule has 1 amide bonds. The highest BCUT2D eigenvalue weighted by Crippen LogP contribution is 2.36. The molecule has 2 N–H and O–H groups in total. The van der Waals surface area contributed by atoms with Gasteiger partial charge in [0.05, 0.1) is 6.61 Å². The molecule has 0 atom stereocenters. The van der Waals surface area contributed by atoms with E-state index in [4.69, 9.17) is 11.6 Å². The molecule has 2 rings (SSSR count). The van der Waals surface area contributed by atoms with Crippen molar-refractivity contribution in [1.82, 2.24) is 5.32 Å². The van der Waals surface area contributed by atoms with Crippen LogP contribution in [0.4, 0.5) is 0 Å². The minimum Gasteiger partial charge on any atom is -0.396 e. The summed E-state index contributed by atoms with van der Waals surface area (Å²) < 4.78 is 0. The molecule has 1 aromatic carbocycles. The van der Waals surface area contributed by atoms with Crippen molar-refractivity contribution in [3.63, 3.8) is 0 Å². The number of nitrogens with one attached hydrogen (secondary N) is 1. The van der Waals surface area contributed by atoms with E-state index in [0.717, 1.165) is 31.2 Å². The number of halogens is 1. The average molecular weight is 282 g/mol. The largest absolute Gasteiger partial charge is 0.396 e. The summed E-state index contributed by atoms with van der Waals surface area (Å²) in [6.07, 6.45) is 4.23. The highest BCUT2D eigenvalue weighted by atomic mass is 35.5. The van der Waals surface area contributed by atoms with Crippen molar-refractivity contribution in [2.24, 2.45) is 5.41 Å². The van der Waals surface area contributed by atoms with Gasteiger partial charge in [0.1, 0.15) is 0 Å². The van der Waals surface area contributed by atoms with E-state index in [0.29, 0.717) is 17.1 Å². The predicted molar refractivity (Wildman–Crippen MR) is 76.5 cm³/mol. The van der Waals surface area contributed by atoms with Crippen molar-refractivity contribution in [2.45, 2.75) is 32.6 Å². The van der Waals surface area contributed by atoms with Crippen LogP contribution >= 0.6 is 11.6 Å². The number of aliphatic hydroxyl groups excluding tert-OH is 1. The van der Waals surface area contributed by atoms with Crippen LogP contribution in [0.15, 0.2) is 18.2 Å². The number of rotatable bonds is 4. The lowest BCUT2D eigenvalue weighted by atomic mass is 9.87. The standard InChI is InChI=1S/C15H20ClNO2/c1-11-6-12(8-13(16)7-11)14(19)17-9-15(10-18)4-2-3-5-15/h6-8,18H,2-5,9-10H2,1H3,(H,17,19). The zero-order valence-corrected chi connectivity index (χ0v) is 12.0. The quantitative estimate of drug-likeness (QED) is 0.891. The second-order valence-corrected chi connectivity index (χ2v) is 6.00. The van der Waals surface area contributed by atoms with Gasteiger partial charge in [-0.15, -0.1) is 0 Å². The van der Waals surface area contributed by atoms with E-state index in [1.165, 1.54) is 0 Å². The van der Waals surface area contributed by atoms with Gasteiger partial charge in [-0.1, -0.05) is 24.4 Å². The molecule has 19 heavy (non-hydrogen) atoms. The van der Waals surface area contributed by atoms with E-state index in [2.05, 4.69) is 5.32 Å². The van der Waals surface area contributed by atoms with Gasteiger partial charge in [-0.3, -0.25) is 4.79 Å². The summed E-state index contributed by atoms with van der Waals surface area (Å²) in [5.74, 6) is -0.120. The highest BCUT2D eigenvalue weighted by Gasteiger charge is 2.33. The van der Waals surface area contributed by atoms with Crippen LogP contribution in [0.5, 0.6) is 0 Å². The number of amides is 1. The van der Waals surface area contributed by atoms with Crippen LogP contribution in [0.1, 0.15) is 41.6 Å². The van der Waals surface area contributed by atoms with Crippen LogP contribution in [0, 0.1) is 12.3 Å². The Bertz CT molecular complexity index is 447. The monoisotopic (exact) mass is 281 g/mol. The van der Waals surface area contributed by atoms with E-state index in [1.54, 1.807) is 6.07 Å². The maximum Gasteiger partial charge on any atom is 0.251 e. The Morgan fingerprint density at radius 1 is 1.37 bits per heavy atom. The molecule has 0 spiro atoms. The van der Waals surface area contributed by atoms with Crippen molar-refractivity contribution in [3.05, 3.63) is 34.3 Å². The summed E-state index contributed by atoms with van der Waals surface area (Å²) in [5, 5.41) is 13.0. The molecule has 0 heterocycles. The van der Waals surface area contributed by atoms with Crippen molar-refractivity contribution in [1.29, 1.82) is 0 Å². The summed E-state index contributed by atoms with van der Waals surface area (Å²) in [6, 6.07) is 5.32. The van der Waals surface area contributed by atoms with Gasteiger partial charge in [-0.05, 0) is 43.5 Å². The van der Waals surface area contributed by atoms with Crippen LogP contribution in [0.3, 0.4) is 0 Å². The molecule has 1 fully saturated rings. The number of carbonyl (C=O) groups excluding carboxylic acids is 1. The van der Waals surface area contributed by atoms with Gasteiger partial charge in [0.15, 0.2) is 0 Å². The van der Waals surface area contributed by atoms with Crippen molar-refractivity contribution in [3.8, 4) is 0 Å². The Morgan fingerprint density at radius 3 is 2.63 bits per heavy atom. The molecule has 1 aliphatic rings. The smallest absolute Gasteiger partial charge is 0.251 e. The van der Waals surface area contributed by atoms with E-state index in [9.17, 15) is 9.90 Å². The first kappa shape index (κ1) is 14.4. The first-order valence-electron chi connectivity index (χ1n) is 6.71. The fourth-order valence-corrected chi connectivity index (χ4v) is 3.04. The fourth-order valence-electron chi connectivity index (χ4n) is 2.75. The second-order valence-electron chi connectivity index (χ2n) is 5.57. The summed E-state index contributed by atoms with van der Waals surface area (Å²) in [6.45, 7) is 2.59. The molecule has 1 aromatic rings. The topological polar surface area (TPSA) is 49.3 Å². The third-order valence-electron chi connectivity index (χ3n) is 3.93. The maximum absolute atomic E-state index is 12.1. The Hall–Kier alpha value is -1.06. The van der Waals surface area contributed by atoms with E-state index < -0.39 is 0 Å². The molecule has 0 radical (unpaired) electrons. The molecule has 0 saturated heterocycles. The first-order chi connectivity index (χ1) is 9.04. The van der Waals surface area contributed by atoms with Gasteiger partial charge < -0.3 is 10.4 Å². The van der Waals surface area contributed by atoms with Crippen LogP contribution in [-0.4, -0.2) is 24.2 Å². The maximum atomic E-state index is 12.1. The summed E-state index contributed by atoms with van der Waals surface area (Å²) in [5.41, 5.74) is 1.43. The number of aryl methyl sites for hydroxylation is 1. The lowest BCUT2D eigenvalue weighted by molar-refractivity contribution is 0.0880. The van der Waals surface area contributed by atoms with Gasteiger partial charge in [0.2, 0.25) is 0 Å². The Balaban J connectivity index is 2.01. The molecule has 1 saturated carbocycles. The minimum atomic E-state index is -0.122. The van der Waals surface area contributed by atoms with Crippen LogP contribution in [0.2, 0.25) is 5.02 Å². The lowest BCUT2D eigenvalue weighted by Gasteiger charge is -2.26. The Labute approximate surface area is 119 Å². The average Bonchev–Trinajstić information content (AvgIpc) is 2.84. The number of hydrogen-bond donors (Lipinski definition) is 2. The number of aliphatic hydroxyl groups is 1. The SMILES string of the molecule is Cc1cc(Cl)cc(C(=O)NCC2(CO)CCCC2)c1. The van der Waals surface area contributed by atoms with E-state index >= 15 is 0 Å². The van der Waals surface area contributed by atoms with Crippen LogP contribution in [-0.2, 0) is 0 Å². The number of carbonyl (C=O) groups is 1. The molecular formula is C15H20ClNO2. The molecule has 4 heteroatoms. The second kappa shape index (κ2) is 5.93. The zero-order chi connectivity index (χ0) is 13.9.